The highest BCUT2D eigenvalue weighted by Crippen LogP contribution is 2.32. The summed E-state index contributed by atoms with van der Waals surface area (Å²) in [5, 5.41) is 9.25. The molecule has 3 aromatic carbocycles. The molecule has 0 aliphatic heterocycles. The molecule has 0 bridgehead atoms. The van der Waals surface area contributed by atoms with Crippen LogP contribution in [0.3, 0.4) is 0 Å². The van der Waals surface area contributed by atoms with Crippen LogP contribution in [0, 0.1) is 0 Å². The average molecular weight is 417 g/mol. The molecule has 0 amide bonds. The maximum atomic E-state index is 9.25. The topological polar surface area (TPSA) is 29.5 Å². The van der Waals surface area contributed by atoms with Crippen molar-refractivity contribution in [2.24, 2.45) is 0 Å². The van der Waals surface area contributed by atoms with E-state index in [9.17, 15) is 5.11 Å². The normalized spacial score (nSPS) is 11.0. The largest absolute Gasteiger partial charge is 0.489 e. The zero-order valence-electron chi connectivity index (χ0n) is 19.3. The molecule has 3 aromatic rings. The zero-order chi connectivity index (χ0) is 22.1. The van der Waals surface area contributed by atoms with Crippen LogP contribution in [0.1, 0.15) is 61.4 Å². The van der Waals surface area contributed by atoms with Gasteiger partial charge in [-0.1, -0.05) is 75.7 Å². The van der Waals surface area contributed by atoms with Crippen LogP contribution in [0.15, 0.2) is 60.7 Å². The van der Waals surface area contributed by atoms with Crippen molar-refractivity contribution in [3.63, 3.8) is 0 Å². The highest BCUT2D eigenvalue weighted by molar-refractivity contribution is 5.72. The molecule has 0 saturated heterocycles. The monoisotopic (exact) mass is 416 g/mol. The third-order valence-corrected chi connectivity index (χ3v) is 5.95. The lowest BCUT2D eigenvalue weighted by Gasteiger charge is -2.16. The predicted octanol–water partition coefficient (Wildman–Crippen LogP) is 6.93. The second-order valence-electron chi connectivity index (χ2n) is 8.20. The van der Waals surface area contributed by atoms with E-state index in [4.69, 9.17) is 4.74 Å². The number of aliphatic hydroxyl groups is 1. The van der Waals surface area contributed by atoms with E-state index in [-0.39, 0.29) is 6.61 Å². The van der Waals surface area contributed by atoms with Crippen LogP contribution in [0.25, 0.3) is 11.1 Å². The number of aryl methyl sites for hydroxylation is 3. The maximum absolute atomic E-state index is 9.25. The molecule has 0 unspecified atom stereocenters. The molecule has 0 atom stereocenters. The molecule has 0 spiro atoms. The SMILES string of the molecule is CCCCc1ccc(COc2ccc(-c3ccc(CCO)cc3CC)c(CC)c2)cc1. The lowest BCUT2D eigenvalue weighted by atomic mass is 9.91. The summed E-state index contributed by atoms with van der Waals surface area (Å²) >= 11 is 0. The summed E-state index contributed by atoms with van der Waals surface area (Å²) < 4.78 is 6.13. The third-order valence-electron chi connectivity index (χ3n) is 5.95. The van der Waals surface area contributed by atoms with Crippen LogP contribution in [-0.2, 0) is 32.3 Å². The van der Waals surface area contributed by atoms with Gasteiger partial charge in [-0.05, 0) is 83.2 Å². The molecule has 0 aliphatic carbocycles. The number of hydrogen-bond acceptors (Lipinski definition) is 2. The van der Waals surface area contributed by atoms with Gasteiger partial charge in [0.25, 0.3) is 0 Å². The molecule has 0 radical (unpaired) electrons. The number of unbranched alkanes of at least 4 members (excludes halogenated alkanes) is 1. The fourth-order valence-electron chi connectivity index (χ4n) is 4.05. The van der Waals surface area contributed by atoms with Gasteiger partial charge in [-0.25, -0.2) is 0 Å². The quantitative estimate of drug-likeness (QED) is 0.367. The van der Waals surface area contributed by atoms with Crippen molar-refractivity contribution in [3.8, 4) is 16.9 Å². The van der Waals surface area contributed by atoms with E-state index in [0.29, 0.717) is 13.0 Å². The highest BCUT2D eigenvalue weighted by atomic mass is 16.5. The first kappa shape index (κ1) is 23.1. The maximum Gasteiger partial charge on any atom is 0.120 e. The summed E-state index contributed by atoms with van der Waals surface area (Å²) in [7, 11) is 0. The molecule has 1 N–H and O–H groups in total. The molecule has 0 aliphatic rings. The van der Waals surface area contributed by atoms with Crippen molar-refractivity contribution in [2.75, 3.05) is 6.61 Å². The predicted molar refractivity (Wildman–Crippen MR) is 131 cm³/mol. The minimum absolute atomic E-state index is 0.191. The van der Waals surface area contributed by atoms with Gasteiger partial charge in [-0.3, -0.25) is 0 Å². The van der Waals surface area contributed by atoms with Crippen LogP contribution in [0.5, 0.6) is 5.75 Å². The van der Waals surface area contributed by atoms with Crippen LogP contribution < -0.4 is 4.74 Å². The van der Waals surface area contributed by atoms with Crippen LogP contribution in [-0.4, -0.2) is 11.7 Å². The highest BCUT2D eigenvalue weighted by Gasteiger charge is 2.11. The van der Waals surface area contributed by atoms with Gasteiger partial charge in [-0.15, -0.1) is 0 Å². The Bertz CT molecular complexity index is 957. The zero-order valence-corrected chi connectivity index (χ0v) is 19.3. The Morgan fingerprint density at radius 2 is 1.29 bits per heavy atom. The minimum atomic E-state index is 0.191. The van der Waals surface area contributed by atoms with E-state index in [1.54, 1.807) is 0 Å². The number of benzene rings is 3. The van der Waals surface area contributed by atoms with Crippen molar-refractivity contribution in [1.82, 2.24) is 0 Å². The first-order valence-corrected chi connectivity index (χ1v) is 11.7. The molecule has 164 valence electrons. The van der Waals surface area contributed by atoms with Crippen LogP contribution in [0.2, 0.25) is 0 Å². The van der Waals surface area contributed by atoms with E-state index in [2.05, 4.69) is 81.4 Å². The fraction of sp³-hybridized carbons (Fsp3) is 0.379. The van der Waals surface area contributed by atoms with Crippen molar-refractivity contribution >= 4 is 0 Å². The smallest absolute Gasteiger partial charge is 0.120 e. The Hall–Kier alpha value is -2.58. The van der Waals surface area contributed by atoms with E-state index in [0.717, 1.165) is 25.0 Å². The molecule has 0 fully saturated rings. The van der Waals surface area contributed by atoms with E-state index < -0.39 is 0 Å². The van der Waals surface area contributed by atoms with Gasteiger partial charge in [0.15, 0.2) is 0 Å². The molecule has 0 saturated carbocycles. The second-order valence-corrected chi connectivity index (χ2v) is 8.20. The summed E-state index contributed by atoms with van der Waals surface area (Å²) in [6.07, 6.45) is 6.27. The molecule has 2 heteroatoms. The van der Waals surface area contributed by atoms with Gasteiger partial charge < -0.3 is 9.84 Å². The van der Waals surface area contributed by atoms with Crippen molar-refractivity contribution in [2.45, 2.75) is 65.9 Å². The van der Waals surface area contributed by atoms with Gasteiger partial charge in [0.1, 0.15) is 12.4 Å². The van der Waals surface area contributed by atoms with Crippen molar-refractivity contribution < 1.29 is 9.84 Å². The van der Waals surface area contributed by atoms with Gasteiger partial charge in [0, 0.05) is 6.61 Å². The number of hydrogen-bond donors (Lipinski definition) is 1. The summed E-state index contributed by atoms with van der Waals surface area (Å²) in [5.41, 5.74) is 9.00. The Morgan fingerprint density at radius 1 is 0.677 bits per heavy atom. The van der Waals surface area contributed by atoms with Gasteiger partial charge >= 0.3 is 0 Å². The Morgan fingerprint density at radius 3 is 1.94 bits per heavy atom. The minimum Gasteiger partial charge on any atom is -0.489 e. The Balaban J connectivity index is 1.74. The molecule has 0 aromatic heterocycles. The lowest BCUT2D eigenvalue weighted by molar-refractivity contribution is 0.299. The Kier molecular flexibility index (Phi) is 8.73. The summed E-state index contributed by atoms with van der Waals surface area (Å²) in [5.74, 6) is 0.922. The summed E-state index contributed by atoms with van der Waals surface area (Å²) in [6.45, 7) is 7.40. The molecule has 2 nitrogen and oxygen atoms in total. The van der Waals surface area contributed by atoms with Gasteiger partial charge in [-0.2, -0.15) is 0 Å². The number of ether oxygens (including phenoxy) is 1. The first-order chi connectivity index (χ1) is 15.2. The van der Waals surface area contributed by atoms with E-state index in [1.165, 1.54) is 51.8 Å². The summed E-state index contributed by atoms with van der Waals surface area (Å²) in [6, 6.07) is 21.9. The molecule has 0 heterocycles. The van der Waals surface area contributed by atoms with Gasteiger partial charge in [0.05, 0.1) is 0 Å². The average Bonchev–Trinajstić information content (AvgIpc) is 2.82. The van der Waals surface area contributed by atoms with Gasteiger partial charge in [0.2, 0.25) is 0 Å². The van der Waals surface area contributed by atoms with Crippen molar-refractivity contribution in [3.05, 3.63) is 88.5 Å². The third kappa shape index (κ3) is 6.21. The number of aliphatic hydroxyl groups excluding tert-OH is 1. The van der Waals surface area contributed by atoms with E-state index >= 15 is 0 Å². The Labute approximate surface area is 187 Å². The van der Waals surface area contributed by atoms with Crippen LogP contribution in [0.4, 0.5) is 0 Å². The lowest BCUT2D eigenvalue weighted by Crippen LogP contribution is -1.99. The van der Waals surface area contributed by atoms with E-state index in [1.807, 2.05) is 0 Å². The number of rotatable bonds is 11. The van der Waals surface area contributed by atoms with Crippen molar-refractivity contribution in [1.29, 1.82) is 0 Å². The molecular weight excluding hydrogens is 380 g/mol. The van der Waals surface area contributed by atoms with Crippen LogP contribution >= 0.6 is 0 Å². The first-order valence-electron chi connectivity index (χ1n) is 11.7. The molecular formula is C29H36O2. The fourth-order valence-corrected chi connectivity index (χ4v) is 4.05. The second kappa shape index (κ2) is 11.7. The standard InChI is InChI=1S/C29H36O2/c1-4-7-8-22-9-11-24(12-10-22)21-31-27-14-16-29(26(6-3)20-27)28-15-13-23(17-18-30)19-25(28)5-2/h9-16,19-20,30H,4-8,17-18,21H2,1-3H3. The summed E-state index contributed by atoms with van der Waals surface area (Å²) in [4.78, 5) is 0. The molecule has 3 rings (SSSR count). The molecule has 31 heavy (non-hydrogen) atoms.